The van der Waals surface area contributed by atoms with Crippen molar-refractivity contribution in [3.05, 3.63) is 18.2 Å². The van der Waals surface area contributed by atoms with E-state index in [0.29, 0.717) is 24.9 Å². The lowest BCUT2D eigenvalue weighted by Crippen LogP contribution is -2.62. The van der Waals surface area contributed by atoms with E-state index in [1.54, 1.807) is 27.7 Å². The third-order valence-corrected chi connectivity index (χ3v) is 10.8. The molecule has 2 rings (SSSR count). The number of carboxylic acids is 1. The molecular weight excluding hydrogens is 901 g/mol. The second kappa shape index (κ2) is 28.8. The minimum atomic E-state index is -1.82. The van der Waals surface area contributed by atoms with Crippen molar-refractivity contribution in [2.24, 2.45) is 17.6 Å². The molecule has 1 aromatic rings. The van der Waals surface area contributed by atoms with E-state index in [0.717, 1.165) is 13.3 Å². The lowest BCUT2D eigenvalue weighted by molar-refractivity contribution is -0.139. The standard InChI is InChI=1S/C41H66N12O13S/c1-20(2)13-28(39(64)50-29(14-23-15-43-19-46-23)35(60)45-16-31(57)47-24(17-54)18-67)51-41(66)34(22(5)55)53-38(63)27(9-11-32(58)59)48-37(62)26(8-10-30(42)56)49-40(65)33(21(3)4)52-36(61)25-7-6-12-44-25/h15,17,19-22,24-29,33-34,44,55,67H,6-14,16,18H2,1-5H3,(H2,42,56)(H,43,46)(H,45,60)(H,47,57)(H,48,62)(H,49,65)(H,50,64)(H,51,66)(H,52,61)(H,53,63)(H,58,59)/t22-,24-,25+,26+,27+,28+,29+,33+,34+/m1/s1. The molecule has 0 radical (unpaired) electrons. The van der Waals surface area contributed by atoms with Crippen LogP contribution in [0.4, 0.5) is 0 Å². The third-order valence-electron chi connectivity index (χ3n) is 10.4. The molecule has 374 valence electrons. The lowest BCUT2D eigenvalue weighted by atomic mass is 10.0. The Labute approximate surface area is 393 Å². The first-order valence-corrected chi connectivity index (χ1v) is 22.5. The van der Waals surface area contributed by atoms with Crippen LogP contribution in [-0.4, -0.2) is 159 Å². The number of imidazole rings is 1. The van der Waals surface area contributed by atoms with Crippen molar-refractivity contribution in [2.45, 2.75) is 140 Å². The van der Waals surface area contributed by atoms with Crippen LogP contribution >= 0.6 is 12.6 Å². The fourth-order valence-electron chi connectivity index (χ4n) is 6.72. The zero-order valence-corrected chi connectivity index (χ0v) is 39.1. The van der Waals surface area contributed by atoms with Gasteiger partial charge in [-0.15, -0.1) is 0 Å². The predicted octanol–water partition coefficient (Wildman–Crippen LogP) is -4.44. The second-order valence-corrected chi connectivity index (χ2v) is 17.3. The van der Waals surface area contributed by atoms with Crippen LogP contribution in [-0.2, 0) is 59.2 Å². The Morgan fingerprint density at radius 2 is 1.37 bits per heavy atom. The fourth-order valence-corrected chi connectivity index (χ4v) is 6.89. The summed E-state index contributed by atoms with van der Waals surface area (Å²) in [6.45, 7) is 7.97. The maximum absolute atomic E-state index is 13.8. The molecule has 0 spiro atoms. The van der Waals surface area contributed by atoms with E-state index in [9.17, 15) is 63.0 Å². The van der Waals surface area contributed by atoms with Crippen molar-refractivity contribution in [1.29, 1.82) is 0 Å². The molecule has 0 aromatic carbocycles. The number of aliphatic carboxylic acids is 1. The van der Waals surface area contributed by atoms with E-state index in [-0.39, 0.29) is 30.9 Å². The molecule has 25 nitrogen and oxygen atoms in total. The van der Waals surface area contributed by atoms with E-state index in [2.05, 4.69) is 70.4 Å². The molecule has 0 aliphatic carbocycles. The molecule has 1 aromatic heterocycles. The van der Waals surface area contributed by atoms with E-state index < -0.39 is 145 Å². The van der Waals surface area contributed by atoms with Gasteiger partial charge in [0.2, 0.25) is 53.2 Å². The van der Waals surface area contributed by atoms with Crippen LogP contribution in [0.1, 0.15) is 85.3 Å². The summed E-state index contributed by atoms with van der Waals surface area (Å²) in [5, 5.41) is 42.9. The summed E-state index contributed by atoms with van der Waals surface area (Å²) >= 11 is 3.97. The lowest BCUT2D eigenvalue weighted by Gasteiger charge is -2.29. The SMILES string of the molecule is CC(C)C[C@H](NC(=O)[C@@H](NC(=O)[C@H](CCC(=O)O)NC(=O)[C@H](CCC(N)=O)NC(=O)[C@@H](NC(=O)[C@@H]1CCCN1)C(C)C)[C@@H](C)O)C(=O)N[C@@H](Cc1cnc[nH]1)C(=O)NCC(=O)N[C@H](C=O)CS. The van der Waals surface area contributed by atoms with E-state index in [4.69, 9.17) is 5.73 Å². The highest BCUT2D eigenvalue weighted by Crippen LogP contribution is 2.12. The number of aldehydes is 1. The summed E-state index contributed by atoms with van der Waals surface area (Å²) in [6, 6.07) is -10.3. The van der Waals surface area contributed by atoms with E-state index in [1.165, 1.54) is 12.5 Å². The molecular formula is C41H66N12O13S. The number of H-pyrrole nitrogens is 1. The Kier molecular flexibility index (Phi) is 24.5. The average molecular weight is 967 g/mol. The molecule has 9 amide bonds. The van der Waals surface area contributed by atoms with Gasteiger partial charge in [0.25, 0.3) is 0 Å². The summed E-state index contributed by atoms with van der Waals surface area (Å²) in [5.74, 6) is -9.83. The van der Waals surface area contributed by atoms with Crippen LogP contribution in [0.3, 0.4) is 0 Å². The summed E-state index contributed by atoms with van der Waals surface area (Å²) in [5.41, 5.74) is 5.75. The van der Waals surface area contributed by atoms with Gasteiger partial charge in [-0.2, -0.15) is 12.6 Å². The van der Waals surface area contributed by atoms with Gasteiger partial charge in [-0.1, -0.05) is 27.7 Å². The monoisotopic (exact) mass is 966 g/mol. The predicted molar refractivity (Wildman–Crippen MR) is 241 cm³/mol. The van der Waals surface area contributed by atoms with Gasteiger partial charge in [0.15, 0.2) is 0 Å². The molecule has 1 saturated heterocycles. The first-order chi connectivity index (χ1) is 31.6. The smallest absolute Gasteiger partial charge is 0.303 e. The fraction of sp³-hybridized carbons (Fsp3) is 0.659. The maximum Gasteiger partial charge on any atom is 0.303 e. The molecule has 1 aliphatic heterocycles. The Morgan fingerprint density at radius 3 is 1.90 bits per heavy atom. The number of nitrogens with two attached hydrogens (primary N) is 1. The molecule has 2 heterocycles. The molecule has 0 saturated carbocycles. The number of thiol groups is 1. The van der Waals surface area contributed by atoms with Crippen LogP contribution in [0, 0.1) is 11.8 Å². The van der Waals surface area contributed by atoms with E-state index in [1.807, 2.05) is 0 Å². The van der Waals surface area contributed by atoms with Gasteiger partial charge in [-0.25, -0.2) is 4.98 Å². The van der Waals surface area contributed by atoms with Crippen molar-refractivity contribution in [3.8, 4) is 0 Å². The molecule has 1 fully saturated rings. The Balaban J connectivity index is 2.32. The van der Waals surface area contributed by atoms with Gasteiger partial charge < -0.3 is 73.6 Å². The highest BCUT2D eigenvalue weighted by atomic mass is 32.1. The van der Waals surface area contributed by atoms with Crippen LogP contribution in [0.15, 0.2) is 12.5 Å². The number of nitrogens with zero attached hydrogens (tertiary/aromatic N) is 1. The molecule has 26 heteroatoms. The van der Waals surface area contributed by atoms with Crippen molar-refractivity contribution in [2.75, 3.05) is 18.8 Å². The summed E-state index contributed by atoms with van der Waals surface area (Å²) in [7, 11) is 0. The first-order valence-electron chi connectivity index (χ1n) is 21.9. The zero-order chi connectivity index (χ0) is 50.4. The van der Waals surface area contributed by atoms with Gasteiger partial charge in [-0.3, -0.25) is 47.9 Å². The highest BCUT2D eigenvalue weighted by molar-refractivity contribution is 7.80. The number of aromatic nitrogens is 2. The van der Waals surface area contributed by atoms with Crippen LogP contribution in [0.2, 0.25) is 0 Å². The van der Waals surface area contributed by atoms with Gasteiger partial charge in [0.1, 0.15) is 42.5 Å². The number of aliphatic hydroxyl groups is 1. The van der Waals surface area contributed by atoms with Gasteiger partial charge in [-0.05, 0) is 57.4 Å². The van der Waals surface area contributed by atoms with Crippen LogP contribution in [0.5, 0.6) is 0 Å². The Bertz CT molecular complexity index is 1880. The molecule has 1 aliphatic rings. The molecule has 67 heavy (non-hydrogen) atoms. The number of carboxylic acid groups (broad SMARTS) is 1. The van der Waals surface area contributed by atoms with Gasteiger partial charge in [0, 0.05) is 36.9 Å². The summed E-state index contributed by atoms with van der Waals surface area (Å²) in [6.07, 6.45) is 0.683. The third kappa shape index (κ3) is 20.5. The number of primary amides is 1. The Hall–Kier alpha value is -6.15. The molecule has 14 N–H and O–H groups in total. The van der Waals surface area contributed by atoms with E-state index >= 15 is 0 Å². The minimum Gasteiger partial charge on any atom is -0.481 e. The largest absolute Gasteiger partial charge is 0.481 e. The number of carbonyl (C=O) groups is 11. The van der Waals surface area contributed by atoms with Crippen molar-refractivity contribution >= 4 is 78.0 Å². The topological polar surface area (TPSA) is 391 Å². The van der Waals surface area contributed by atoms with Crippen molar-refractivity contribution in [1.82, 2.24) is 57.8 Å². The first kappa shape index (κ1) is 57.0. The van der Waals surface area contributed by atoms with Crippen molar-refractivity contribution < 1.29 is 63.0 Å². The normalized spacial score (nSPS) is 16.9. The quantitative estimate of drug-likeness (QED) is 0.0256. The van der Waals surface area contributed by atoms with Gasteiger partial charge in [0.05, 0.1) is 31.1 Å². The minimum absolute atomic E-state index is 0.00868. The number of hydrogen-bond acceptors (Lipinski definition) is 15. The van der Waals surface area contributed by atoms with Crippen LogP contribution < -0.4 is 53.6 Å². The molecule has 0 bridgehead atoms. The summed E-state index contributed by atoms with van der Waals surface area (Å²) < 4.78 is 0. The van der Waals surface area contributed by atoms with Crippen LogP contribution in [0.25, 0.3) is 0 Å². The van der Waals surface area contributed by atoms with Gasteiger partial charge >= 0.3 is 5.97 Å². The second-order valence-electron chi connectivity index (χ2n) is 16.9. The number of amides is 9. The zero-order valence-electron chi connectivity index (χ0n) is 38.2. The number of carbonyl (C=O) groups excluding carboxylic acids is 10. The summed E-state index contributed by atoms with van der Waals surface area (Å²) in [4.78, 5) is 149. The number of aliphatic hydroxyl groups excluding tert-OH is 1. The molecule has 0 unspecified atom stereocenters. The molecule has 9 atom stereocenters. The Morgan fingerprint density at radius 1 is 0.791 bits per heavy atom. The number of nitrogens with one attached hydrogen (secondary N) is 10. The average Bonchev–Trinajstić information content (AvgIpc) is 4.00. The van der Waals surface area contributed by atoms with Crippen molar-refractivity contribution in [3.63, 3.8) is 0 Å². The number of hydrogen-bond donors (Lipinski definition) is 14. The number of aromatic amines is 1. The number of rotatable bonds is 30. The highest BCUT2D eigenvalue weighted by Gasteiger charge is 2.36. The maximum atomic E-state index is 13.8.